The molecule has 1 heterocycles. The van der Waals surface area contributed by atoms with E-state index in [1.165, 1.54) is 0 Å². The molecule has 2 aliphatic carbocycles. The standard InChI is InChI=1S/C35H42N2O5/c1-8-37-24-16-34(3,4)18-26(38)32(24)31(33-25(37)17-35(5,6)19-27(33)39)22-11-14-28(29(15-22)41-7)42-20-30(40)36-23-12-9-21(2)10-13-23/h9-15,31H,8,16-20H2,1-7H3,(H,36,40). The highest BCUT2D eigenvalue weighted by Crippen LogP contribution is 2.54. The van der Waals surface area contributed by atoms with Gasteiger partial charge in [-0.1, -0.05) is 51.5 Å². The number of benzene rings is 2. The molecular weight excluding hydrogens is 528 g/mol. The Balaban J connectivity index is 1.51. The van der Waals surface area contributed by atoms with Crippen LogP contribution in [0, 0.1) is 17.8 Å². The SMILES string of the molecule is CCN1C2=C(C(=O)CC(C)(C)C2)C(c2ccc(OCC(=O)Nc3ccc(C)cc3)c(OC)c2)C2=C1CC(C)(C)CC2=O. The molecule has 0 spiro atoms. The third-order valence-corrected chi connectivity index (χ3v) is 8.55. The molecule has 7 heteroatoms. The molecule has 0 saturated carbocycles. The average molecular weight is 571 g/mol. The van der Waals surface area contributed by atoms with E-state index in [4.69, 9.17) is 9.47 Å². The van der Waals surface area contributed by atoms with E-state index in [1.54, 1.807) is 13.2 Å². The van der Waals surface area contributed by atoms with E-state index in [-0.39, 0.29) is 34.9 Å². The van der Waals surface area contributed by atoms with Crippen molar-refractivity contribution in [3.8, 4) is 11.5 Å². The lowest BCUT2D eigenvalue weighted by molar-refractivity contribution is -0.120. The minimum absolute atomic E-state index is 0.0981. The van der Waals surface area contributed by atoms with Crippen molar-refractivity contribution in [1.29, 1.82) is 0 Å². The first-order chi connectivity index (χ1) is 19.8. The monoisotopic (exact) mass is 570 g/mol. The van der Waals surface area contributed by atoms with Crippen LogP contribution in [0.25, 0.3) is 0 Å². The second-order valence-corrected chi connectivity index (χ2v) is 13.4. The molecule has 1 N–H and O–H groups in total. The van der Waals surface area contributed by atoms with Crippen LogP contribution in [0.3, 0.4) is 0 Å². The predicted molar refractivity (Wildman–Crippen MR) is 164 cm³/mol. The van der Waals surface area contributed by atoms with Gasteiger partial charge < -0.3 is 19.7 Å². The van der Waals surface area contributed by atoms with Gasteiger partial charge in [0.1, 0.15) is 0 Å². The maximum Gasteiger partial charge on any atom is 0.262 e. The molecule has 0 bridgehead atoms. The minimum atomic E-state index is -0.460. The smallest absolute Gasteiger partial charge is 0.262 e. The fourth-order valence-corrected chi connectivity index (χ4v) is 6.72. The van der Waals surface area contributed by atoms with Crippen molar-refractivity contribution in [3.63, 3.8) is 0 Å². The lowest BCUT2D eigenvalue weighted by Gasteiger charge is -2.48. The van der Waals surface area contributed by atoms with Gasteiger partial charge in [-0.3, -0.25) is 14.4 Å². The van der Waals surface area contributed by atoms with Gasteiger partial charge in [0.2, 0.25) is 0 Å². The van der Waals surface area contributed by atoms with Gasteiger partial charge in [-0.15, -0.1) is 0 Å². The lowest BCUT2D eigenvalue weighted by Crippen LogP contribution is -2.44. The summed E-state index contributed by atoms with van der Waals surface area (Å²) in [7, 11) is 1.55. The molecular formula is C35H42N2O5. The van der Waals surface area contributed by atoms with Gasteiger partial charge in [0.15, 0.2) is 29.7 Å². The van der Waals surface area contributed by atoms with Crippen molar-refractivity contribution >= 4 is 23.2 Å². The van der Waals surface area contributed by atoms with Crippen molar-refractivity contribution in [2.45, 2.75) is 73.1 Å². The highest BCUT2D eigenvalue weighted by molar-refractivity contribution is 6.06. The molecule has 42 heavy (non-hydrogen) atoms. The van der Waals surface area contributed by atoms with E-state index in [9.17, 15) is 14.4 Å². The summed E-state index contributed by atoms with van der Waals surface area (Å²) >= 11 is 0. The third-order valence-electron chi connectivity index (χ3n) is 8.55. The second-order valence-electron chi connectivity index (χ2n) is 13.4. The molecule has 222 valence electrons. The number of allylic oxidation sites excluding steroid dienone is 4. The van der Waals surface area contributed by atoms with E-state index in [2.05, 4.69) is 44.8 Å². The molecule has 0 fully saturated rings. The van der Waals surface area contributed by atoms with Gasteiger partial charge in [0.25, 0.3) is 5.91 Å². The molecule has 2 aromatic rings. The number of carbonyl (C=O) groups excluding carboxylic acids is 3. The van der Waals surface area contributed by atoms with Crippen molar-refractivity contribution in [3.05, 3.63) is 76.1 Å². The summed E-state index contributed by atoms with van der Waals surface area (Å²) in [5.41, 5.74) is 5.86. The largest absolute Gasteiger partial charge is 0.493 e. The van der Waals surface area contributed by atoms with Gasteiger partial charge in [0.05, 0.1) is 7.11 Å². The Hall–Kier alpha value is -3.87. The fraction of sp³-hybridized carbons (Fsp3) is 0.457. The molecule has 3 aliphatic rings. The number of rotatable bonds is 7. The molecule has 5 rings (SSSR count). The van der Waals surface area contributed by atoms with Crippen LogP contribution in [0.2, 0.25) is 0 Å². The number of nitrogens with zero attached hydrogens (tertiary/aromatic N) is 1. The average Bonchev–Trinajstić information content (AvgIpc) is 2.90. The van der Waals surface area contributed by atoms with Gasteiger partial charge >= 0.3 is 0 Å². The molecule has 2 aromatic carbocycles. The van der Waals surface area contributed by atoms with Crippen LogP contribution >= 0.6 is 0 Å². The summed E-state index contributed by atoms with van der Waals surface area (Å²) in [6.45, 7) is 13.2. The maximum atomic E-state index is 13.8. The van der Waals surface area contributed by atoms with Crippen molar-refractivity contribution in [1.82, 2.24) is 4.90 Å². The van der Waals surface area contributed by atoms with Crippen LogP contribution in [-0.2, 0) is 14.4 Å². The summed E-state index contributed by atoms with van der Waals surface area (Å²) in [6, 6.07) is 13.1. The highest BCUT2D eigenvalue weighted by Gasteiger charge is 2.48. The van der Waals surface area contributed by atoms with E-state index in [1.807, 2.05) is 43.3 Å². The molecule has 1 aliphatic heterocycles. The lowest BCUT2D eigenvalue weighted by atomic mass is 9.63. The Morgan fingerprint density at radius 1 is 0.881 bits per heavy atom. The zero-order valence-corrected chi connectivity index (χ0v) is 25.8. The Morgan fingerprint density at radius 3 is 1.98 bits per heavy atom. The topological polar surface area (TPSA) is 84.9 Å². The first-order valence-electron chi connectivity index (χ1n) is 14.8. The number of ether oxygens (including phenoxy) is 2. The number of amides is 1. The molecule has 0 saturated heterocycles. The van der Waals surface area contributed by atoms with Crippen LogP contribution < -0.4 is 14.8 Å². The van der Waals surface area contributed by atoms with Crippen LogP contribution in [-0.4, -0.2) is 42.6 Å². The Bertz CT molecular complexity index is 1440. The summed E-state index contributed by atoms with van der Waals surface area (Å²) < 4.78 is 11.6. The van der Waals surface area contributed by atoms with Gasteiger partial charge in [-0.25, -0.2) is 0 Å². The Morgan fingerprint density at radius 2 is 1.45 bits per heavy atom. The van der Waals surface area contributed by atoms with Crippen LogP contribution in [0.4, 0.5) is 5.69 Å². The fourth-order valence-electron chi connectivity index (χ4n) is 6.72. The molecule has 7 nitrogen and oxygen atoms in total. The third kappa shape index (κ3) is 5.74. The number of methoxy groups -OCH3 is 1. The zero-order chi connectivity index (χ0) is 30.4. The first-order valence-corrected chi connectivity index (χ1v) is 14.8. The van der Waals surface area contributed by atoms with Crippen molar-refractivity contribution in [2.75, 3.05) is 25.6 Å². The number of anilines is 1. The summed E-state index contributed by atoms with van der Waals surface area (Å²) in [6.07, 6.45) is 2.43. The number of hydrogen-bond acceptors (Lipinski definition) is 6. The van der Waals surface area contributed by atoms with Crippen LogP contribution in [0.15, 0.2) is 65.0 Å². The number of hydrogen-bond donors (Lipinski definition) is 1. The molecule has 0 aromatic heterocycles. The van der Waals surface area contributed by atoms with Crippen LogP contribution in [0.1, 0.15) is 77.3 Å². The van der Waals surface area contributed by atoms with Crippen molar-refractivity contribution in [2.24, 2.45) is 10.8 Å². The summed E-state index contributed by atoms with van der Waals surface area (Å²) in [5.74, 6) is 0.319. The minimum Gasteiger partial charge on any atom is -0.493 e. The number of carbonyl (C=O) groups is 3. The number of Topliss-reactive ketones (excluding diaryl/α,β-unsaturated/α-hetero) is 2. The first kappa shape index (κ1) is 29.6. The van der Waals surface area contributed by atoms with Gasteiger partial charge in [-0.05, 0) is 67.3 Å². The van der Waals surface area contributed by atoms with Gasteiger partial charge in [0, 0.05) is 53.5 Å². The predicted octanol–water partition coefficient (Wildman–Crippen LogP) is 6.73. The number of nitrogens with one attached hydrogen (secondary N) is 1. The highest BCUT2D eigenvalue weighted by atomic mass is 16.5. The Labute approximate surface area is 249 Å². The summed E-state index contributed by atoms with van der Waals surface area (Å²) in [5, 5.41) is 2.84. The van der Waals surface area contributed by atoms with Crippen LogP contribution in [0.5, 0.6) is 11.5 Å². The van der Waals surface area contributed by atoms with E-state index in [0.717, 1.165) is 46.5 Å². The second kappa shape index (κ2) is 11.1. The number of aryl methyl sites for hydroxylation is 1. The van der Waals surface area contributed by atoms with E-state index < -0.39 is 5.92 Å². The Kier molecular flexibility index (Phi) is 7.82. The quantitative estimate of drug-likeness (QED) is 0.398. The normalized spacial score (nSPS) is 19.8. The van der Waals surface area contributed by atoms with Gasteiger partial charge in [-0.2, -0.15) is 0 Å². The van der Waals surface area contributed by atoms with Crippen molar-refractivity contribution < 1.29 is 23.9 Å². The van der Waals surface area contributed by atoms with E-state index in [0.29, 0.717) is 36.6 Å². The molecule has 1 amide bonds. The molecule has 0 unspecified atom stereocenters. The summed E-state index contributed by atoms with van der Waals surface area (Å²) in [4.78, 5) is 42.5. The molecule has 0 radical (unpaired) electrons. The molecule has 0 atom stereocenters. The maximum absolute atomic E-state index is 13.8. The number of ketones is 2. The van der Waals surface area contributed by atoms with E-state index >= 15 is 0 Å². The zero-order valence-electron chi connectivity index (χ0n) is 25.8.